The number of likely N-dealkylation sites (N-methyl/N-ethyl adjacent to an activating group) is 1. The van der Waals surface area contributed by atoms with E-state index in [-0.39, 0.29) is 37.3 Å². The molecule has 4 N–H and O–H groups in total. The van der Waals surface area contributed by atoms with Gasteiger partial charge in [0.1, 0.15) is 23.9 Å². The Morgan fingerprint density at radius 3 is 2.57 bits per heavy atom. The number of aromatic hydroxyl groups is 1. The number of hydrogen-bond donors (Lipinski definition) is 4. The number of carbonyl (C=O) groups is 3. The fourth-order valence-corrected chi connectivity index (χ4v) is 8.61. The number of fused-ring (bicyclic) bond motifs is 6. The van der Waals surface area contributed by atoms with Crippen molar-refractivity contribution >= 4 is 28.6 Å². The summed E-state index contributed by atoms with van der Waals surface area (Å²) in [5.74, 6) is -2.12. The number of benzene rings is 2. The number of nitrogens with one attached hydrogen (secondary N) is 2. The number of hydrazine groups is 1. The fraction of sp³-hybridized carbons (Fsp3) is 0.511. The number of aliphatic hydroxyl groups excluding tert-OH is 1. The van der Waals surface area contributed by atoms with Gasteiger partial charge in [-0.3, -0.25) is 24.4 Å². The molecule has 15 nitrogen and oxygen atoms in total. The van der Waals surface area contributed by atoms with Gasteiger partial charge < -0.3 is 29.7 Å². The van der Waals surface area contributed by atoms with Crippen molar-refractivity contribution in [1.82, 2.24) is 30.2 Å². The van der Waals surface area contributed by atoms with Gasteiger partial charge in [-0.1, -0.05) is 39.8 Å². The Bertz CT molecular complexity index is 2250. The normalized spacial score (nSPS) is 19.9. The van der Waals surface area contributed by atoms with E-state index in [9.17, 15) is 29.5 Å². The van der Waals surface area contributed by atoms with Crippen LogP contribution in [0.4, 0.5) is 0 Å². The largest absolute Gasteiger partial charge is 0.508 e. The lowest BCUT2D eigenvalue weighted by Gasteiger charge is -2.35. The molecule has 5 atom stereocenters. The third-order valence-corrected chi connectivity index (χ3v) is 11.6. The second-order valence-corrected chi connectivity index (χ2v) is 17.3. The number of ether oxygens (including phenoxy) is 1. The molecule has 1 saturated heterocycles. The summed E-state index contributed by atoms with van der Waals surface area (Å²) in [4.78, 5) is 67.6. The Morgan fingerprint density at radius 2 is 1.88 bits per heavy atom. The van der Waals surface area contributed by atoms with Gasteiger partial charge in [-0.05, 0) is 98.2 Å². The lowest BCUT2D eigenvalue weighted by molar-refractivity contribution is -0.835. The number of hydrogen-bond acceptors (Lipinski definition) is 10. The number of pyridine rings is 1. The van der Waals surface area contributed by atoms with Gasteiger partial charge in [0.15, 0.2) is 6.61 Å². The molecular formula is C45H60N7O8+. The summed E-state index contributed by atoms with van der Waals surface area (Å²) in [6.07, 6.45) is 0.653. The molecule has 1 fully saturated rings. The van der Waals surface area contributed by atoms with E-state index in [1.54, 1.807) is 39.3 Å². The lowest BCUT2D eigenvalue weighted by Crippen LogP contribution is -2.62. The van der Waals surface area contributed by atoms with E-state index in [2.05, 4.69) is 54.3 Å². The second kappa shape index (κ2) is 18.1. The Morgan fingerprint density at radius 1 is 1.13 bits per heavy atom. The predicted molar refractivity (Wildman–Crippen MR) is 227 cm³/mol. The van der Waals surface area contributed by atoms with E-state index in [1.165, 1.54) is 23.9 Å². The summed E-state index contributed by atoms with van der Waals surface area (Å²) in [6.45, 7) is 14.1. The number of phenolic OH excluding ortho intramolecular Hbond substituents is 1. The van der Waals surface area contributed by atoms with Crippen LogP contribution in [-0.2, 0) is 43.3 Å². The SMILES string of the molecule is CCn1c(-c2cccnc2[C@H](C)OC)c2c3cc(ccc31)-c1cc(O)cc(c1)C[C@H](NC(=O)[C@H](C(C)C)N(C)C(=O)C(C)O)C(=O)N1CCC[C@H](N1)[N+](=O)OCC(C)(C)C2. The predicted octanol–water partition coefficient (Wildman–Crippen LogP) is 5.44. The van der Waals surface area contributed by atoms with Gasteiger partial charge in [-0.25, -0.2) is 4.84 Å². The van der Waals surface area contributed by atoms with Crippen molar-refractivity contribution in [3.63, 3.8) is 0 Å². The van der Waals surface area contributed by atoms with Crippen LogP contribution in [0, 0.1) is 16.2 Å². The highest BCUT2D eigenvalue weighted by Crippen LogP contribution is 2.42. The third kappa shape index (κ3) is 9.18. The first-order valence-corrected chi connectivity index (χ1v) is 20.8. The van der Waals surface area contributed by atoms with E-state index in [0.717, 1.165) is 39.0 Å². The summed E-state index contributed by atoms with van der Waals surface area (Å²) >= 11 is 0. The quantitative estimate of drug-likeness (QED) is 0.170. The van der Waals surface area contributed by atoms with Crippen molar-refractivity contribution in [3.05, 3.63) is 76.5 Å². The molecule has 0 spiro atoms. The van der Waals surface area contributed by atoms with Crippen LogP contribution in [0.3, 0.4) is 0 Å². The molecule has 6 rings (SSSR count). The smallest absolute Gasteiger partial charge is 0.326 e. The van der Waals surface area contributed by atoms with Gasteiger partial charge in [0.2, 0.25) is 10.8 Å². The molecular weight excluding hydrogens is 767 g/mol. The number of aromatic nitrogens is 2. The Balaban J connectivity index is 1.52. The van der Waals surface area contributed by atoms with Gasteiger partial charge in [0.05, 0.1) is 22.4 Å². The topological polar surface area (TPSA) is 179 Å². The molecule has 0 radical (unpaired) electrons. The first-order chi connectivity index (χ1) is 28.4. The number of carbonyl (C=O) groups excluding carboxylic acids is 3. The minimum absolute atomic E-state index is 0.0196. The average Bonchev–Trinajstić information content (AvgIpc) is 3.52. The lowest BCUT2D eigenvalue weighted by atomic mass is 9.84. The minimum atomic E-state index is -1.33. The van der Waals surface area contributed by atoms with E-state index >= 15 is 0 Å². The third-order valence-electron chi connectivity index (χ3n) is 11.6. The summed E-state index contributed by atoms with van der Waals surface area (Å²) in [5, 5.41) is 26.5. The summed E-state index contributed by atoms with van der Waals surface area (Å²) in [6, 6.07) is 13.1. The molecule has 60 heavy (non-hydrogen) atoms. The van der Waals surface area contributed by atoms with Crippen LogP contribution in [0.2, 0.25) is 0 Å². The molecule has 4 aromatic rings. The highest BCUT2D eigenvalue weighted by atomic mass is 16.8. The summed E-state index contributed by atoms with van der Waals surface area (Å²) in [7, 11) is 3.11. The molecule has 15 heteroatoms. The molecule has 2 aromatic carbocycles. The molecule has 1 unspecified atom stereocenters. The van der Waals surface area contributed by atoms with Gasteiger partial charge in [-0.15, -0.1) is 0 Å². The van der Waals surface area contributed by atoms with Gasteiger partial charge in [0.25, 0.3) is 11.8 Å². The van der Waals surface area contributed by atoms with Crippen molar-refractivity contribution in [2.75, 3.05) is 27.3 Å². The fourth-order valence-electron chi connectivity index (χ4n) is 8.61. The molecule has 0 aliphatic carbocycles. The molecule has 3 amide bonds. The number of aryl methyl sites for hydroxylation is 1. The van der Waals surface area contributed by atoms with Crippen LogP contribution in [-0.4, -0.2) is 104 Å². The summed E-state index contributed by atoms with van der Waals surface area (Å²) < 4.78 is 8.06. The zero-order chi connectivity index (χ0) is 43.6. The van der Waals surface area contributed by atoms with Gasteiger partial charge in [-0.2, -0.15) is 5.43 Å². The van der Waals surface area contributed by atoms with Crippen LogP contribution < -0.4 is 10.7 Å². The van der Waals surface area contributed by atoms with Crippen LogP contribution in [0.15, 0.2) is 54.7 Å². The summed E-state index contributed by atoms with van der Waals surface area (Å²) in [5.41, 5.74) is 9.38. The zero-order valence-corrected chi connectivity index (χ0v) is 36.2. The van der Waals surface area contributed by atoms with Crippen molar-refractivity contribution in [2.24, 2.45) is 11.3 Å². The maximum absolute atomic E-state index is 14.5. The monoisotopic (exact) mass is 826 g/mol. The molecule has 4 heterocycles. The molecule has 0 saturated carbocycles. The van der Waals surface area contributed by atoms with E-state index in [0.29, 0.717) is 41.9 Å². The van der Waals surface area contributed by atoms with Crippen LogP contribution in [0.25, 0.3) is 33.3 Å². The Labute approximate surface area is 351 Å². The van der Waals surface area contributed by atoms with E-state index in [1.807, 2.05) is 25.1 Å². The Kier molecular flexibility index (Phi) is 13.3. The number of aliphatic hydroxyl groups is 1. The zero-order valence-electron chi connectivity index (χ0n) is 36.2. The number of nitrogens with zero attached hydrogens (tertiary/aromatic N) is 5. The Hall–Kier alpha value is -5.38. The first-order valence-electron chi connectivity index (χ1n) is 20.8. The van der Waals surface area contributed by atoms with Crippen molar-refractivity contribution in [1.29, 1.82) is 0 Å². The molecule has 2 aliphatic rings. The minimum Gasteiger partial charge on any atom is -0.508 e. The molecule has 2 aliphatic heterocycles. The number of phenols is 1. The molecule has 6 bridgehead atoms. The van der Waals surface area contributed by atoms with Gasteiger partial charge in [0, 0.05) is 68.2 Å². The van der Waals surface area contributed by atoms with Crippen molar-refractivity contribution < 1.29 is 39.1 Å². The number of methoxy groups -OCH3 is 1. The molecule has 322 valence electrons. The van der Waals surface area contributed by atoms with Crippen LogP contribution in [0.5, 0.6) is 5.75 Å². The second-order valence-electron chi connectivity index (χ2n) is 17.3. The van der Waals surface area contributed by atoms with Crippen LogP contribution in [0.1, 0.15) is 84.2 Å². The number of amides is 3. The van der Waals surface area contributed by atoms with E-state index in [4.69, 9.17) is 14.6 Å². The maximum Gasteiger partial charge on any atom is 0.326 e. The van der Waals surface area contributed by atoms with Gasteiger partial charge >= 0.3 is 6.17 Å². The maximum atomic E-state index is 14.5. The van der Waals surface area contributed by atoms with E-state index < -0.39 is 47.5 Å². The highest BCUT2D eigenvalue weighted by Gasteiger charge is 2.41. The molecule has 2 aromatic heterocycles. The first kappa shape index (κ1) is 44.2. The van der Waals surface area contributed by atoms with Crippen LogP contribution >= 0.6 is 0 Å². The highest BCUT2D eigenvalue weighted by molar-refractivity contribution is 5.96. The standard InChI is InChI=1S/C45H59N7O8/c1-10-50-37-16-15-30-23-34(37)35(41(50)33-13-11-17-46-39(33)28(5)59-9)24-45(6,7)25-60-52(58)38-14-12-18-51(48-38)44(57)36(21-29-19-31(30)22-32(54)20-29)47-42(55)40(26(2)3)49(8)43(56)27(4)53/h11,13,15-17,19-20,22-23,26-28,36,38,40,48,53H,10,12,14,18,21,24-25H2,1-9H3,(H-,47,54,55)/p+1/t27?,28-,36-,38+,40-/m0/s1. The van der Waals surface area contributed by atoms with Crippen molar-refractivity contribution in [2.45, 2.75) is 111 Å². The average molecular weight is 827 g/mol. The number of rotatable bonds is 9. The van der Waals surface area contributed by atoms with Crippen molar-refractivity contribution in [3.8, 4) is 28.1 Å².